The molecule has 1 aromatic carbocycles. The predicted octanol–water partition coefficient (Wildman–Crippen LogP) is 4.09. The van der Waals surface area contributed by atoms with Crippen molar-refractivity contribution in [3.63, 3.8) is 0 Å². The van der Waals surface area contributed by atoms with Crippen LogP contribution in [0.4, 0.5) is 4.79 Å². The summed E-state index contributed by atoms with van der Waals surface area (Å²) in [7, 11) is 0. The third kappa shape index (κ3) is 8.36. The highest BCUT2D eigenvalue weighted by Gasteiger charge is 2.69. The van der Waals surface area contributed by atoms with E-state index in [0.29, 0.717) is 25.8 Å². The van der Waals surface area contributed by atoms with Gasteiger partial charge in [-0.3, -0.25) is 19.2 Å². The minimum atomic E-state index is -1.08. The maximum Gasteiger partial charge on any atom is 0.315 e. The standard InChI is InChI=1S/C38H55N5O5/c1-10-12-17-27(31(44)33(46)39-18-11-2)40-32(45)30-28-26(38(28,8)9)21-43(30)34(47)29(25-19-23-15-13-14-16-24(23)20-25)41-35(48)42-37(6,7)22-36(3,4)5/h10-11,13-16,25-30H,1-2,12,17-22H2,3-9H3,(H,39,46)(H,40,45)(H2,41,42,48)/t26?,27?,28?,29-,30-/m0/s1. The van der Waals surface area contributed by atoms with Gasteiger partial charge in [0, 0.05) is 18.6 Å². The van der Waals surface area contributed by atoms with Crippen LogP contribution in [0.15, 0.2) is 49.6 Å². The van der Waals surface area contributed by atoms with Crippen LogP contribution in [-0.2, 0) is 32.0 Å². The van der Waals surface area contributed by atoms with Gasteiger partial charge in [-0.05, 0) is 85.7 Å². The lowest BCUT2D eigenvalue weighted by Gasteiger charge is -2.37. The van der Waals surface area contributed by atoms with Crippen molar-refractivity contribution in [1.29, 1.82) is 0 Å². The smallest absolute Gasteiger partial charge is 0.315 e. The number of ketones is 1. The van der Waals surface area contributed by atoms with E-state index >= 15 is 0 Å². The molecule has 48 heavy (non-hydrogen) atoms. The number of nitrogens with one attached hydrogen (secondary N) is 4. The topological polar surface area (TPSA) is 137 Å². The molecule has 3 unspecified atom stereocenters. The molecule has 1 aliphatic heterocycles. The first-order valence-corrected chi connectivity index (χ1v) is 17.2. The summed E-state index contributed by atoms with van der Waals surface area (Å²) in [4.78, 5) is 69.7. The minimum absolute atomic E-state index is 0.0275. The Kier molecular flexibility index (Phi) is 11.0. The first kappa shape index (κ1) is 36.9. The number of fused-ring (bicyclic) bond motifs is 2. The predicted molar refractivity (Wildman–Crippen MR) is 187 cm³/mol. The van der Waals surface area contributed by atoms with Crippen LogP contribution in [0.25, 0.3) is 0 Å². The van der Waals surface area contributed by atoms with Crippen molar-refractivity contribution in [3.05, 3.63) is 60.7 Å². The van der Waals surface area contributed by atoms with Gasteiger partial charge in [0.15, 0.2) is 0 Å². The summed E-state index contributed by atoms with van der Waals surface area (Å²) in [6.45, 7) is 22.2. The van der Waals surface area contributed by atoms with Crippen LogP contribution in [0.2, 0.25) is 0 Å². The largest absolute Gasteiger partial charge is 0.346 e. The second-order valence-corrected chi connectivity index (χ2v) is 16.3. The Morgan fingerprint density at radius 3 is 2.17 bits per heavy atom. The molecule has 10 nitrogen and oxygen atoms in total. The fourth-order valence-corrected chi connectivity index (χ4v) is 8.28. The maximum atomic E-state index is 14.7. The van der Waals surface area contributed by atoms with Crippen LogP contribution in [0.1, 0.15) is 78.9 Å². The van der Waals surface area contributed by atoms with E-state index in [0.717, 1.165) is 17.5 Å². The number of rotatable bonds is 14. The van der Waals surface area contributed by atoms with Gasteiger partial charge in [-0.15, -0.1) is 13.2 Å². The zero-order chi connectivity index (χ0) is 35.6. The molecule has 0 bridgehead atoms. The number of hydrogen-bond acceptors (Lipinski definition) is 5. The van der Waals surface area contributed by atoms with Gasteiger partial charge in [-0.25, -0.2) is 4.79 Å². The van der Waals surface area contributed by atoms with Crippen LogP contribution in [-0.4, -0.2) is 71.2 Å². The molecule has 3 aliphatic rings. The van der Waals surface area contributed by atoms with E-state index in [1.54, 1.807) is 11.0 Å². The van der Waals surface area contributed by atoms with Gasteiger partial charge in [-0.2, -0.15) is 0 Å². The van der Waals surface area contributed by atoms with Gasteiger partial charge >= 0.3 is 6.03 Å². The number of nitrogens with zero attached hydrogens (tertiary/aromatic N) is 1. The van der Waals surface area contributed by atoms with E-state index < -0.39 is 47.3 Å². The van der Waals surface area contributed by atoms with Crippen molar-refractivity contribution in [2.75, 3.05) is 13.1 Å². The average Bonchev–Trinajstić information content (AvgIpc) is 3.35. The second kappa shape index (κ2) is 14.3. The Bertz CT molecular complexity index is 1420. The summed E-state index contributed by atoms with van der Waals surface area (Å²) in [5, 5.41) is 11.5. The molecule has 2 aliphatic carbocycles. The Morgan fingerprint density at radius 1 is 0.979 bits per heavy atom. The first-order valence-electron chi connectivity index (χ1n) is 17.2. The van der Waals surface area contributed by atoms with Gasteiger partial charge in [0.1, 0.15) is 12.1 Å². The van der Waals surface area contributed by atoms with Crippen LogP contribution in [0.3, 0.4) is 0 Å². The number of hydrogen-bond donors (Lipinski definition) is 4. The number of piperidine rings is 1. The maximum absolute atomic E-state index is 14.7. The molecule has 4 rings (SSSR count). The lowest BCUT2D eigenvalue weighted by atomic mass is 9.82. The number of likely N-dealkylation sites (tertiary alicyclic amines) is 1. The quantitative estimate of drug-likeness (QED) is 0.176. The molecular weight excluding hydrogens is 606 g/mol. The van der Waals surface area contributed by atoms with Crippen LogP contribution in [0.5, 0.6) is 0 Å². The third-order valence-corrected chi connectivity index (χ3v) is 10.2. The summed E-state index contributed by atoms with van der Waals surface area (Å²) < 4.78 is 0. The summed E-state index contributed by atoms with van der Waals surface area (Å²) in [5.41, 5.74) is 1.56. The van der Waals surface area contributed by atoms with Gasteiger partial charge in [-0.1, -0.05) is 71.0 Å². The highest BCUT2D eigenvalue weighted by atomic mass is 16.2. The van der Waals surface area contributed by atoms with Crippen molar-refractivity contribution in [1.82, 2.24) is 26.2 Å². The fraction of sp³-hybridized carbons (Fsp3) is 0.605. The van der Waals surface area contributed by atoms with Crippen molar-refractivity contribution in [3.8, 4) is 0 Å². The van der Waals surface area contributed by atoms with Gasteiger partial charge in [0.05, 0.1) is 6.04 Å². The van der Waals surface area contributed by atoms with Gasteiger partial charge < -0.3 is 26.2 Å². The molecule has 0 aromatic heterocycles. The van der Waals surface area contributed by atoms with Crippen molar-refractivity contribution in [2.24, 2.45) is 28.6 Å². The monoisotopic (exact) mass is 661 g/mol. The highest BCUT2D eigenvalue weighted by Crippen LogP contribution is 2.65. The van der Waals surface area contributed by atoms with E-state index in [1.807, 2.05) is 26.0 Å². The molecule has 1 saturated heterocycles. The SMILES string of the molecule is C=CCCC(NC(=O)[C@@H]1C2C(CN1C(=O)[C@@H](NC(=O)NC(C)(C)CC(C)(C)C)C1Cc3ccccc3C1)C2(C)C)C(=O)C(=O)NCC=C. The molecule has 5 amide bonds. The number of amides is 5. The van der Waals surface area contributed by atoms with E-state index in [1.165, 1.54) is 6.08 Å². The summed E-state index contributed by atoms with van der Waals surface area (Å²) in [5.74, 6) is -2.56. The normalized spacial score (nSPS) is 22.4. The Balaban J connectivity index is 1.60. The molecule has 262 valence electrons. The first-order chi connectivity index (χ1) is 22.4. The fourth-order valence-electron chi connectivity index (χ4n) is 8.28. The van der Waals surface area contributed by atoms with E-state index in [-0.39, 0.29) is 47.5 Å². The lowest BCUT2D eigenvalue weighted by molar-refractivity contribution is -0.144. The summed E-state index contributed by atoms with van der Waals surface area (Å²) in [6, 6.07) is 4.84. The number of allylic oxidation sites excluding steroid dienone is 1. The van der Waals surface area contributed by atoms with Gasteiger partial charge in [0.2, 0.25) is 17.6 Å². The van der Waals surface area contributed by atoms with E-state index in [9.17, 15) is 24.0 Å². The lowest BCUT2D eigenvalue weighted by Crippen LogP contribution is -2.61. The molecule has 5 atom stereocenters. The number of carbonyl (C=O) groups excluding carboxylic acids is 5. The summed E-state index contributed by atoms with van der Waals surface area (Å²) >= 11 is 0. The Labute approximate surface area is 285 Å². The average molecular weight is 662 g/mol. The Hall–Kier alpha value is -3.95. The van der Waals surface area contributed by atoms with Crippen molar-refractivity contribution >= 4 is 29.5 Å². The molecule has 1 heterocycles. The molecule has 10 heteroatoms. The van der Waals surface area contributed by atoms with E-state index in [2.05, 4.69) is 81.2 Å². The molecule has 0 spiro atoms. The van der Waals surface area contributed by atoms with E-state index in [4.69, 9.17) is 0 Å². The van der Waals surface area contributed by atoms with Crippen molar-refractivity contribution in [2.45, 2.75) is 104 Å². The van der Waals surface area contributed by atoms with Crippen LogP contribution < -0.4 is 21.3 Å². The zero-order valence-corrected chi connectivity index (χ0v) is 29.8. The highest BCUT2D eigenvalue weighted by molar-refractivity contribution is 6.38. The molecule has 1 saturated carbocycles. The van der Waals surface area contributed by atoms with Crippen LogP contribution >= 0.6 is 0 Å². The van der Waals surface area contributed by atoms with Crippen LogP contribution in [0, 0.1) is 28.6 Å². The number of Topliss-reactive ketones (excluding diaryl/α,β-unsaturated/α-hetero) is 1. The number of urea groups is 1. The molecule has 4 N–H and O–H groups in total. The molecular formula is C38H55N5O5. The minimum Gasteiger partial charge on any atom is -0.346 e. The third-order valence-electron chi connectivity index (χ3n) is 10.2. The molecule has 0 radical (unpaired) electrons. The number of carbonyl (C=O) groups is 5. The zero-order valence-electron chi connectivity index (χ0n) is 29.8. The Morgan fingerprint density at radius 2 is 1.60 bits per heavy atom. The summed E-state index contributed by atoms with van der Waals surface area (Å²) in [6.07, 6.45) is 5.68. The second-order valence-electron chi connectivity index (χ2n) is 16.3. The van der Waals surface area contributed by atoms with Gasteiger partial charge in [0.25, 0.3) is 5.91 Å². The molecule has 2 fully saturated rings. The number of benzene rings is 1. The molecule has 1 aromatic rings. The van der Waals surface area contributed by atoms with Crippen molar-refractivity contribution < 1.29 is 24.0 Å².